The molecule has 1 aliphatic carbocycles. The average Bonchev–Trinajstić information content (AvgIpc) is 2.38. The third-order valence-corrected chi connectivity index (χ3v) is 2.49. The lowest BCUT2D eigenvalue weighted by Gasteiger charge is -1.94. The highest BCUT2D eigenvalue weighted by atomic mass is 16.5. The van der Waals surface area contributed by atoms with Crippen molar-refractivity contribution in [1.29, 1.82) is 0 Å². The van der Waals surface area contributed by atoms with Crippen molar-refractivity contribution in [2.75, 3.05) is 13.2 Å². The van der Waals surface area contributed by atoms with E-state index in [-0.39, 0.29) is 11.6 Å². The van der Waals surface area contributed by atoms with Gasteiger partial charge in [-0.1, -0.05) is 4.85 Å². The molecule has 0 aromatic carbocycles. The number of nitrogens with zero attached hydrogens (tertiary/aromatic N) is 2. The zero-order chi connectivity index (χ0) is 7.19. The summed E-state index contributed by atoms with van der Waals surface area (Å²) in [5.74, 6) is 0.412. The fourth-order valence-electron chi connectivity index (χ4n) is 1.75. The second kappa shape index (κ2) is 1.58. The molecule has 0 radical (unpaired) electrons. The first-order valence-corrected chi connectivity index (χ1v) is 3.31. The molecule has 2 fully saturated rings. The van der Waals surface area contributed by atoms with E-state index < -0.39 is 0 Å². The van der Waals surface area contributed by atoms with Gasteiger partial charge < -0.3 is 4.74 Å². The van der Waals surface area contributed by atoms with Gasteiger partial charge in [0.15, 0.2) is 0 Å². The number of hydrogen-bond donors (Lipinski definition) is 0. The van der Waals surface area contributed by atoms with Crippen molar-refractivity contribution < 1.29 is 4.74 Å². The molecule has 3 heteroatoms. The molecule has 0 amide bonds. The van der Waals surface area contributed by atoms with E-state index in [1.165, 1.54) is 0 Å². The highest BCUT2D eigenvalue weighted by Gasteiger charge is 2.79. The SMILES string of the molecule is C#[N+][C@@]12COC[C@@H]1[C@H]2N=C. The standard InChI is InChI=1S/C7H9N2O/c1-8-6-5-3-10-4-7(5,6)9-2/h2,5-6H,1,3-4H2/q+1/t5-,6-,7+/m1/s1. The Balaban J connectivity index is 2.24. The van der Waals surface area contributed by atoms with Crippen LogP contribution in [-0.4, -0.2) is 31.5 Å². The predicted octanol–water partition coefficient (Wildman–Crippen LogP) is 0.417. The number of ether oxygens (including phenoxy) is 1. The van der Waals surface area contributed by atoms with Crippen LogP contribution in [0.25, 0.3) is 4.85 Å². The summed E-state index contributed by atoms with van der Waals surface area (Å²) in [6.07, 6.45) is 0. The van der Waals surface area contributed by atoms with Gasteiger partial charge in [0.25, 0.3) is 6.57 Å². The molecule has 1 heterocycles. The van der Waals surface area contributed by atoms with E-state index in [9.17, 15) is 0 Å². The van der Waals surface area contributed by atoms with Crippen molar-refractivity contribution in [3.63, 3.8) is 0 Å². The van der Waals surface area contributed by atoms with Crippen LogP contribution < -0.4 is 0 Å². The Hall–Kier alpha value is -0.880. The predicted molar refractivity (Wildman–Crippen MR) is 38.7 cm³/mol. The van der Waals surface area contributed by atoms with Crippen molar-refractivity contribution in [2.45, 2.75) is 11.6 Å². The lowest BCUT2D eigenvalue weighted by molar-refractivity contribution is 0.160. The molecule has 0 spiro atoms. The van der Waals surface area contributed by atoms with Crippen LogP contribution in [0.2, 0.25) is 0 Å². The Morgan fingerprint density at radius 2 is 2.60 bits per heavy atom. The van der Waals surface area contributed by atoms with Crippen LogP contribution in [-0.2, 0) is 4.74 Å². The zero-order valence-corrected chi connectivity index (χ0v) is 5.66. The molecule has 10 heavy (non-hydrogen) atoms. The topological polar surface area (TPSA) is 25.9 Å². The third kappa shape index (κ3) is 0.423. The third-order valence-electron chi connectivity index (χ3n) is 2.49. The van der Waals surface area contributed by atoms with Gasteiger partial charge in [0, 0.05) is 0 Å². The highest BCUT2D eigenvalue weighted by Crippen LogP contribution is 2.53. The summed E-state index contributed by atoms with van der Waals surface area (Å²) in [6.45, 7) is 10.1. The Labute approximate surface area is 59.5 Å². The Morgan fingerprint density at radius 1 is 1.80 bits per heavy atom. The van der Waals surface area contributed by atoms with Gasteiger partial charge in [0.1, 0.15) is 12.6 Å². The summed E-state index contributed by atoms with van der Waals surface area (Å²) in [5.41, 5.74) is -0.179. The number of fused-ring (bicyclic) bond motifs is 1. The van der Waals surface area contributed by atoms with Gasteiger partial charge in [-0.15, -0.1) is 0 Å². The summed E-state index contributed by atoms with van der Waals surface area (Å²) in [7, 11) is 0. The summed E-state index contributed by atoms with van der Waals surface area (Å²) in [5, 5.41) is 0. The zero-order valence-electron chi connectivity index (χ0n) is 5.66. The molecule has 0 bridgehead atoms. The molecular weight excluding hydrogens is 128 g/mol. The van der Waals surface area contributed by atoms with Crippen LogP contribution in [0.3, 0.4) is 0 Å². The van der Waals surface area contributed by atoms with Gasteiger partial charge in [-0.05, 0) is 6.72 Å². The van der Waals surface area contributed by atoms with Crippen molar-refractivity contribution in [1.82, 2.24) is 0 Å². The van der Waals surface area contributed by atoms with Crippen LogP contribution in [0, 0.1) is 12.5 Å². The Bertz CT molecular complexity index is 220. The molecule has 0 N–H and O–H groups in total. The number of hydrogen-bond acceptors (Lipinski definition) is 2. The fraction of sp³-hybridized carbons (Fsp3) is 0.714. The first kappa shape index (κ1) is 5.87. The van der Waals surface area contributed by atoms with Gasteiger partial charge in [-0.3, -0.25) is 4.99 Å². The maximum atomic E-state index is 5.23. The van der Waals surface area contributed by atoms with Crippen molar-refractivity contribution in [3.8, 4) is 6.57 Å². The molecule has 52 valence electrons. The summed E-state index contributed by atoms with van der Waals surface area (Å²) in [6, 6.07) is 0.228. The van der Waals surface area contributed by atoms with Crippen molar-refractivity contribution in [2.24, 2.45) is 10.9 Å². The summed E-state index contributed by atoms with van der Waals surface area (Å²) in [4.78, 5) is 7.71. The lowest BCUT2D eigenvalue weighted by Crippen LogP contribution is -2.13. The molecule has 2 aliphatic rings. The van der Waals surface area contributed by atoms with Gasteiger partial charge >= 0.3 is 5.54 Å². The maximum absolute atomic E-state index is 5.23. The second-order valence-corrected chi connectivity index (χ2v) is 2.87. The van der Waals surface area contributed by atoms with Gasteiger partial charge in [-0.2, -0.15) is 0 Å². The first-order chi connectivity index (χ1) is 4.85. The van der Waals surface area contributed by atoms with E-state index >= 15 is 0 Å². The van der Waals surface area contributed by atoms with Crippen LogP contribution in [0.1, 0.15) is 0 Å². The van der Waals surface area contributed by atoms with Gasteiger partial charge in [0.05, 0.1) is 12.5 Å². The minimum absolute atomic E-state index is 0.179. The van der Waals surface area contributed by atoms with Crippen LogP contribution in [0.15, 0.2) is 4.99 Å². The number of aliphatic imine (C=N–C) groups is 1. The largest absolute Gasteiger partial charge is 0.372 e. The molecule has 1 saturated heterocycles. The van der Waals surface area contributed by atoms with E-state index in [2.05, 4.69) is 16.6 Å². The molecule has 3 nitrogen and oxygen atoms in total. The molecule has 3 atom stereocenters. The fourth-order valence-corrected chi connectivity index (χ4v) is 1.75. The molecule has 0 aromatic rings. The molecular formula is C7H9N2O+. The van der Waals surface area contributed by atoms with Gasteiger partial charge in [-0.25, -0.2) is 0 Å². The molecule has 0 unspecified atom stereocenters. The van der Waals surface area contributed by atoms with E-state index in [1.54, 1.807) is 0 Å². The monoisotopic (exact) mass is 137 g/mol. The van der Waals surface area contributed by atoms with E-state index in [4.69, 9.17) is 11.3 Å². The highest BCUT2D eigenvalue weighted by molar-refractivity contribution is 5.38. The first-order valence-electron chi connectivity index (χ1n) is 3.31. The Kier molecular flexibility index (Phi) is 0.930. The Morgan fingerprint density at radius 3 is 3.00 bits per heavy atom. The molecule has 1 aliphatic heterocycles. The lowest BCUT2D eigenvalue weighted by atomic mass is 10.3. The molecule has 2 rings (SSSR count). The van der Waals surface area contributed by atoms with Crippen molar-refractivity contribution >= 4 is 6.72 Å². The van der Waals surface area contributed by atoms with E-state index in [0.29, 0.717) is 12.5 Å². The van der Waals surface area contributed by atoms with Crippen LogP contribution in [0.5, 0.6) is 0 Å². The number of rotatable bonds is 1. The quantitative estimate of drug-likeness (QED) is 0.481. The molecule has 0 aromatic heterocycles. The van der Waals surface area contributed by atoms with E-state index in [1.807, 2.05) is 0 Å². The summed E-state index contributed by atoms with van der Waals surface area (Å²) >= 11 is 0. The normalized spacial score (nSPS) is 49.5. The van der Waals surface area contributed by atoms with Crippen LogP contribution >= 0.6 is 0 Å². The smallest absolute Gasteiger partial charge is 0.333 e. The minimum Gasteiger partial charge on any atom is -0.372 e. The second-order valence-electron chi connectivity index (χ2n) is 2.87. The summed E-state index contributed by atoms with van der Waals surface area (Å²) < 4.78 is 5.17. The minimum atomic E-state index is -0.179. The van der Waals surface area contributed by atoms with Crippen LogP contribution in [0.4, 0.5) is 0 Å². The average molecular weight is 137 g/mol. The van der Waals surface area contributed by atoms with Gasteiger partial charge in [0.2, 0.25) is 0 Å². The van der Waals surface area contributed by atoms with Crippen molar-refractivity contribution in [3.05, 3.63) is 4.85 Å². The maximum Gasteiger partial charge on any atom is 0.333 e. The molecule has 1 saturated carbocycles. The van der Waals surface area contributed by atoms with E-state index in [0.717, 1.165) is 6.61 Å².